The summed E-state index contributed by atoms with van der Waals surface area (Å²) in [6.07, 6.45) is 3.72. The van der Waals surface area contributed by atoms with E-state index in [0.29, 0.717) is 12.0 Å². The van der Waals surface area contributed by atoms with Crippen molar-refractivity contribution in [3.8, 4) is 0 Å². The number of nitrogens with two attached hydrogens (primary N) is 1. The third kappa shape index (κ3) is 2.11. The van der Waals surface area contributed by atoms with Crippen molar-refractivity contribution in [2.75, 3.05) is 5.73 Å². The van der Waals surface area contributed by atoms with E-state index in [-0.39, 0.29) is 0 Å². The Morgan fingerprint density at radius 2 is 2.00 bits per heavy atom. The van der Waals surface area contributed by atoms with E-state index in [1.54, 1.807) is 0 Å². The van der Waals surface area contributed by atoms with Crippen LogP contribution < -0.4 is 5.73 Å². The third-order valence-corrected chi connectivity index (χ3v) is 4.81. The number of rotatable bonds is 1. The summed E-state index contributed by atoms with van der Waals surface area (Å²) in [5.74, 6) is 2.27. The zero-order valence-electron chi connectivity index (χ0n) is 12.1. The van der Waals surface area contributed by atoms with E-state index in [2.05, 4.69) is 48.5 Å². The van der Waals surface area contributed by atoms with Crippen molar-refractivity contribution in [2.45, 2.75) is 46.1 Å². The Hall–Kier alpha value is -1.51. The van der Waals surface area contributed by atoms with Crippen LogP contribution in [-0.2, 0) is 0 Å². The van der Waals surface area contributed by atoms with Gasteiger partial charge in [0.1, 0.15) is 0 Å². The summed E-state index contributed by atoms with van der Waals surface area (Å²) in [5, 5.41) is 0. The fraction of sp³-hybridized carbons (Fsp3) is 0.562. The molecule has 1 aliphatic carbocycles. The van der Waals surface area contributed by atoms with Crippen LogP contribution in [0.4, 0.5) is 5.95 Å². The van der Waals surface area contributed by atoms with Crippen molar-refractivity contribution in [3.63, 3.8) is 0 Å². The summed E-state index contributed by atoms with van der Waals surface area (Å²) in [6, 6.07) is 6.95. The van der Waals surface area contributed by atoms with Crippen LogP contribution >= 0.6 is 0 Å². The lowest BCUT2D eigenvalue weighted by atomic mass is 9.79. The minimum atomic E-state index is 0.513. The highest BCUT2D eigenvalue weighted by Gasteiger charge is 2.27. The standard InChI is InChI=1S/C16H23N3/c1-10-4-7-15-14(8-10)18-16(17)19(15)13-6-5-11(2)12(3)9-13/h4,7-8,11-13H,5-6,9H2,1-3H3,(H2,17,18). The highest BCUT2D eigenvalue weighted by molar-refractivity contribution is 5.79. The number of aromatic nitrogens is 2. The molecule has 1 aliphatic rings. The molecule has 0 bridgehead atoms. The average molecular weight is 257 g/mol. The van der Waals surface area contributed by atoms with Crippen LogP contribution in [0.1, 0.15) is 44.7 Å². The van der Waals surface area contributed by atoms with Crippen molar-refractivity contribution in [1.82, 2.24) is 9.55 Å². The lowest BCUT2D eigenvalue weighted by Crippen LogP contribution is -2.24. The van der Waals surface area contributed by atoms with E-state index in [0.717, 1.165) is 17.4 Å². The largest absolute Gasteiger partial charge is 0.369 e. The van der Waals surface area contributed by atoms with Gasteiger partial charge in [0, 0.05) is 6.04 Å². The molecule has 1 aromatic carbocycles. The number of nitrogen functional groups attached to an aromatic ring is 1. The van der Waals surface area contributed by atoms with Gasteiger partial charge in [-0.25, -0.2) is 4.98 Å². The zero-order valence-corrected chi connectivity index (χ0v) is 12.1. The quantitative estimate of drug-likeness (QED) is 0.841. The topological polar surface area (TPSA) is 43.8 Å². The molecular formula is C16H23N3. The molecule has 0 radical (unpaired) electrons. The molecule has 2 N–H and O–H groups in total. The van der Waals surface area contributed by atoms with Gasteiger partial charge in [0.2, 0.25) is 5.95 Å². The molecule has 3 atom stereocenters. The summed E-state index contributed by atoms with van der Waals surface area (Å²) in [7, 11) is 0. The first-order valence-electron chi connectivity index (χ1n) is 7.30. The van der Waals surface area contributed by atoms with Crippen LogP contribution in [-0.4, -0.2) is 9.55 Å². The maximum absolute atomic E-state index is 6.17. The van der Waals surface area contributed by atoms with Crippen molar-refractivity contribution >= 4 is 17.0 Å². The van der Waals surface area contributed by atoms with Crippen LogP contribution in [0.2, 0.25) is 0 Å². The van der Waals surface area contributed by atoms with Crippen molar-refractivity contribution in [3.05, 3.63) is 23.8 Å². The van der Waals surface area contributed by atoms with Gasteiger partial charge in [0.25, 0.3) is 0 Å². The van der Waals surface area contributed by atoms with Crippen LogP contribution in [0.5, 0.6) is 0 Å². The highest BCUT2D eigenvalue weighted by atomic mass is 15.2. The van der Waals surface area contributed by atoms with Gasteiger partial charge in [-0.05, 0) is 55.7 Å². The van der Waals surface area contributed by atoms with Gasteiger partial charge in [-0.3, -0.25) is 0 Å². The SMILES string of the molecule is Cc1ccc2c(c1)nc(N)n2C1CCC(C)C(C)C1. The molecule has 0 saturated heterocycles. The van der Waals surface area contributed by atoms with Crippen LogP contribution in [0, 0.1) is 18.8 Å². The van der Waals surface area contributed by atoms with E-state index in [9.17, 15) is 0 Å². The van der Waals surface area contributed by atoms with Gasteiger partial charge in [-0.15, -0.1) is 0 Å². The summed E-state index contributed by atoms with van der Waals surface area (Å²) < 4.78 is 2.26. The van der Waals surface area contributed by atoms with E-state index in [1.165, 1.54) is 30.3 Å². The van der Waals surface area contributed by atoms with Crippen molar-refractivity contribution in [1.29, 1.82) is 0 Å². The second-order valence-electron chi connectivity index (χ2n) is 6.25. The Morgan fingerprint density at radius 1 is 1.21 bits per heavy atom. The molecule has 1 heterocycles. The first-order chi connectivity index (χ1) is 9.06. The minimum Gasteiger partial charge on any atom is -0.369 e. The van der Waals surface area contributed by atoms with Gasteiger partial charge in [-0.2, -0.15) is 0 Å². The molecule has 3 unspecified atom stereocenters. The number of imidazole rings is 1. The lowest BCUT2D eigenvalue weighted by Gasteiger charge is -2.33. The molecule has 0 spiro atoms. The monoisotopic (exact) mass is 257 g/mol. The Balaban J connectivity index is 2.03. The minimum absolute atomic E-state index is 0.513. The van der Waals surface area contributed by atoms with Crippen LogP contribution in [0.3, 0.4) is 0 Å². The first-order valence-corrected chi connectivity index (χ1v) is 7.30. The van der Waals surface area contributed by atoms with E-state index >= 15 is 0 Å². The van der Waals surface area contributed by atoms with E-state index in [4.69, 9.17) is 5.73 Å². The molecular weight excluding hydrogens is 234 g/mol. The third-order valence-electron chi connectivity index (χ3n) is 4.81. The van der Waals surface area contributed by atoms with Crippen LogP contribution in [0.15, 0.2) is 18.2 Å². The highest BCUT2D eigenvalue weighted by Crippen LogP contribution is 2.38. The maximum Gasteiger partial charge on any atom is 0.201 e. The number of nitrogens with zero attached hydrogens (tertiary/aromatic N) is 2. The van der Waals surface area contributed by atoms with Crippen LogP contribution in [0.25, 0.3) is 11.0 Å². The molecule has 0 amide bonds. The summed E-state index contributed by atoms with van der Waals surface area (Å²) in [5.41, 5.74) is 9.63. The molecule has 102 valence electrons. The number of anilines is 1. The fourth-order valence-electron chi connectivity index (χ4n) is 3.36. The van der Waals surface area contributed by atoms with Crippen molar-refractivity contribution < 1.29 is 0 Å². The Kier molecular flexibility index (Phi) is 3.00. The molecule has 0 aliphatic heterocycles. The molecule has 2 aromatic rings. The Labute approximate surface area is 114 Å². The number of aryl methyl sites for hydroxylation is 1. The van der Waals surface area contributed by atoms with Gasteiger partial charge < -0.3 is 10.3 Å². The molecule has 19 heavy (non-hydrogen) atoms. The molecule has 1 fully saturated rings. The predicted octanol–water partition coefficient (Wildman–Crippen LogP) is 3.92. The molecule has 3 nitrogen and oxygen atoms in total. The first kappa shape index (κ1) is 12.5. The number of benzene rings is 1. The summed E-state index contributed by atoms with van der Waals surface area (Å²) in [4.78, 5) is 4.53. The second kappa shape index (κ2) is 4.55. The Morgan fingerprint density at radius 3 is 2.74 bits per heavy atom. The fourth-order valence-corrected chi connectivity index (χ4v) is 3.36. The maximum atomic E-state index is 6.17. The van der Waals surface area contributed by atoms with E-state index in [1.807, 2.05) is 0 Å². The van der Waals surface area contributed by atoms with Gasteiger partial charge in [0.15, 0.2) is 0 Å². The zero-order chi connectivity index (χ0) is 13.6. The molecule has 3 heteroatoms. The molecule has 1 saturated carbocycles. The summed E-state index contributed by atoms with van der Waals surface area (Å²) in [6.45, 7) is 6.81. The van der Waals surface area contributed by atoms with Gasteiger partial charge in [0.05, 0.1) is 11.0 Å². The molecule has 3 rings (SSSR count). The van der Waals surface area contributed by atoms with E-state index < -0.39 is 0 Å². The van der Waals surface area contributed by atoms with Crippen molar-refractivity contribution in [2.24, 2.45) is 11.8 Å². The number of hydrogen-bond acceptors (Lipinski definition) is 2. The predicted molar refractivity (Wildman–Crippen MR) is 80.1 cm³/mol. The smallest absolute Gasteiger partial charge is 0.201 e. The van der Waals surface area contributed by atoms with Gasteiger partial charge >= 0.3 is 0 Å². The lowest BCUT2D eigenvalue weighted by molar-refractivity contribution is 0.215. The number of fused-ring (bicyclic) bond motifs is 1. The number of hydrogen-bond donors (Lipinski definition) is 1. The second-order valence-corrected chi connectivity index (χ2v) is 6.25. The summed E-state index contributed by atoms with van der Waals surface area (Å²) >= 11 is 0. The normalized spacial score (nSPS) is 27.8. The van der Waals surface area contributed by atoms with Gasteiger partial charge in [-0.1, -0.05) is 19.9 Å². The average Bonchev–Trinajstić information content (AvgIpc) is 2.68. The molecule has 1 aromatic heterocycles. The Bertz CT molecular complexity index is 599.